The molecule has 1 rings (SSSR count). The van der Waals surface area contributed by atoms with Crippen molar-refractivity contribution in [3.63, 3.8) is 0 Å². The SMILES string of the molecule is NCC1(CS(=O)(=O)O)CCSCC1. The van der Waals surface area contributed by atoms with Gasteiger partial charge in [-0.25, -0.2) is 0 Å². The summed E-state index contributed by atoms with van der Waals surface area (Å²) in [5, 5.41) is 0. The van der Waals surface area contributed by atoms with Crippen LogP contribution in [0.25, 0.3) is 0 Å². The van der Waals surface area contributed by atoms with E-state index in [9.17, 15) is 8.42 Å². The minimum Gasteiger partial charge on any atom is -0.330 e. The first-order valence-corrected chi connectivity index (χ1v) is 6.97. The average molecular weight is 225 g/mol. The third kappa shape index (κ3) is 3.46. The van der Waals surface area contributed by atoms with Gasteiger partial charge in [-0.15, -0.1) is 0 Å². The lowest BCUT2D eigenvalue weighted by Gasteiger charge is -2.34. The highest BCUT2D eigenvalue weighted by Gasteiger charge is 2.35. The molecule has 0 radical (unpaired) electrons. The van der Waals surface area contributed by atoms with Gasteiger partial charge in [-0.2, -0.15) is 20.2 Å². The lowest BCUT2D eigenvalue weighted by Crippen LogP contribution is -2.40. The Morgan fingerprint density at radius 3 is 2.31 bits per heavy atom. The highest BCUT2D eigenvalue weighted by Crippen LogP contribution is 2.35. The number of nitrogens with two attached hydrogens (primary N) is 1. The zero-order valence-corrected chi connectivity index (χ0v) is 9.03. The van der Waals surface area contributed by atoms with E-state index in [4.69, 9.17) is 10.3 Å². The molecule has 1 aliphatic heterocycles. The molecule has 3 N–H and O–H groups in total. The first-order chi connectivity index (χ1) is 5.97. The molecule has 1 heterocycles. The van der Waals surface area contributed by atoms with Crippen molar-refractivity contribution in [1.82, 2.24) is 0 Å². The van der Waals surface area contributed by atoms with Crippen molar-refractivity contribution in [2.75, 3.05) is 23.8 Å². The maximum absolute atomic E-state index is 10.8. The molecule has 0 aliphatic carbocycles. The summed E-state index contributed by atoms with van der Waals surface area (Å²) in [7, 11) is -3.88. The summed E-state index contributed by atoms with van der Waals surface area (Å²) in [6.07, 6.45) is 1.57. The van der Waals surface area contributed by atoms with Gasteiger partial charge in [0.1, 0.15) is 0 Å². The molecule has 0 unspecified atom stereocenters. The van der Waals surface area contributed by atoms with Gasteiger partial charge in [0.25, 0.3) is 10.1 Å². The van der Waals surface area contributed by atoms with Gasteiger partial charge in [-0.05, 0) is 30.9 Å². The molecule has 1 fully saturated rings. The summed E-state index contributed by atoms with van der Waals surface area (Å²) in [5.74, 6) is 1.69. The molecule has 1 aliphatic rings. The highest BCUT2D eigenvalue weighted by molar-refractivity contribution is 7.99. The molecular formula is C7H15NO3S2. The second-order valence-electron chi connectivity index (χ2n) is 3.54. The Bertz CT molecular complexity index is 257. The van der Waals surface area contributed by atoms with Crippen LogP contribution in [0.1, 0.15) is 12.8 Å². The van der Waals surface area contributed by atoms with Crippen LogP contribution in [0.4, 0.5) is 0 Å². The fourth-order valence-corrected chi connectivity index (χ4v) is 4.14. The molecule has 0 saturated carbocycles. The van der Waals surface area contributed by atoms with Gasteiger partial charge in [0.05, 0.1) is 5.75 Å². The molecule has 1 saturated heterocycles. The van der Waals surface area contributed by atoms with E-state index in [1.165, 1.54) is 0 Å². The maximum Gasteiger partial charge on any atom is 0.265 e. The Kier molecular flexibility index (Phi) is 3.62. The van der Waals surface area contributed by atoms with E-state index in [1.807, 2.05) is 0 Å². The Hall–Kier alpha value is 0.220. The lowest BCUT2D eigenvalue weighted by molar-refractivity contribution is 0.302. The summed E-state index contributed by atoms with van der Waals surface area (Å²) in [5.41, 5.74) is 5.18. The zero-order chi connectivity index (χ0) is 9.95. The van der Waals surface area contributed by atoms with Crippen LogP contribution in [0.3, 0.4) is 0 Å². The first-order valence-electron chi connectivity index (χ1n) is 4.20. The summed E-state index contributed by atoms with van der Waals surface area (Å²) in [6, 6.07) is 0. The van der Waals surface area contributed by atoms with E-state index in [-0.39, 0.29) is 11.2 Å². The Morgan fingerprint density at radius 1 is 1.38 bits per heavy atom. The molecule has 0 spiro atoms. The van der Waals surface area contributed by atoms with Gasteiger partial charge in [-0.3, -0.25) is 4.55 Å². The maximum atomic E-state index is 10.8. The number of rotatable bonds is 3. The van der Waals surface area contributed by atoms with Gasteiger partial charge < -0.3 is 5.73 Å². The van der Waals surface area contributed by atoms with Crippen molar-refractivity contribution in [3.05, 3.63) is 0 Å². The van der Waals surface area contributed by atoms with Gasteiger partial charge in [0.15, 0.2) is 0 Å². The molecule has 0 bridgehead atoms. The topological polar surface area (TPSA) is 80.4 Å². The van der Waals surface area contributed by atoms with E-state index in [0.717, 1.165) is 24.3 Å². The van der Waals surface area contributed by atoms with Crippen LogP contribution in [0.5, 0.6) is 0 Å². The van der Waals surface area contributed by atoms with Crippen LogP contribution in [-0.2, 0) is 10.1 Å². The van der Waals surface area contributed by atoms with E-state index in [0.29, 0.717) is 6.54 Å². The van der Waals surface area contributed by atoms with Crippen molar-refractivity contribution in [1.29, 1.82) is 0 Å². The van der Waals surface area contributed by atoms with Crippen LogP contribution in [0, 0.1) is 5.41 Å². The molecule has 0 aromatic heterocycles. The van der Waals surface area contributed by atoms with Crippen molar-refractivity contribution in [2.24, 2.45) is 11.1 Å². The third-order valence-electron chi connectivity index (χ3n) is 2.48. The van der Waals surface area contributed by atoms with E-state index in [1.54, 1.807) is 11.8 Å². The van der Waals surface area contributed by atoms with Crippen molar-refractivity contribution < 1.29 is 13.0 Å². The molecular weight excluding hydrogens is 210 g/mol. The molecule has 78 valence electrons. The molecule has 0 aromatic carbocycles. The Morgan fingerprint density at radius 2 is 1.92 bits per heavy atom. The molecule has 0 amide bonds. The van der Waals surface area contributed by atoms with Crippen LogP contribution in [0.2, 0.25) is 0 Å². The van der Waals surface area contributed by atoms with Gasteiger partial charge >= 0.3 is 0 Å². The smallest absolute Gasteiger partial charge is 0.265 e. The second-order valence-corrected chi connectivity index (χ2v) is 6.22. The minimum absolute atomic E-state index is 0.183. The molecule has 0 aromatic rings. The van der Waals surface area contributed by atoms with Crippen LogP contribution in [-0.4, -0.2) is 36.8 Å². The highest BCUT2D eigenvalue weighted by atomic mass is 32.2. The summed E-state index contributed by atoms with van der Waals surface area (Å²) in [4.78, 5) is 0. The van der Waals surface area contributed by atoms with Gasteiger partial charge in [0, 0.05) is 5.41 Å². The third-order valence-corrected chi connectivity index (χ3v) is 4.44. The number of hydrogen-bond acceptors (Lipinski definition) is 4. The second kappa shape index (κ2) is 4.16. The van der Waals surface area contributed by atoms with Crippen LogP contribution < -0.4 is 5.73 Å². The molecule has 6 heteroatoms. The van der Waals surface area contributed by atoms with Crippen molar-refractivity contribution >= 4 is 21.9 Å². The average Bonchev–Trinajstić information content (AvgIpc) is 2.03. The fourth-order valence-electron chi connectivity index (χ4n) is 1.60. The predicted octanol–water partition coefficient (Wildman–Crippen LogP) is 0.346. The standard InChI is InChI=1S/C7H15NO3S2/c8-5-7(6-13(9,10)11)1-3-12-4-2-7/h1-6,8H2,(H,9,10,11). The number of thioether (sulfide) groups is 1. The van der Waals surface area contributed by atoms with Crippen LogP contribution >= 0.6 is 11.8 Å². The number of hydrogen-bond donors (Lipinski definition) is 2. The summed E-state index contributed by atoms with van der Waals surface area (Å²) >= 11 is 1.81. The largest absolute Gasteiger partial charge is 0.330 e. The fraction of sp³-hybridized carbons (Fsp3) is 1.00. The lowest BCUT2D eigenvalue weighted by atomic mass is 9.84. The van der Waals surface area contributed by atoms with E-state index >= 15 is 0 Å². The summed E-state index contributed by atoms with van der Waals surface area (Å²) in [6.45, 7) is 0.341. The molecule has 13 heavy (non-hydrogen) atoms. The quantitative estimate of drug-likeness (QED) is 0.677. The molecule has 0 atom stereocenters. The van der Waals surface area contributed by atoms with Crippen LogP contribution in [0.15, 0.2) is 0 Å². The normalized spacial score (nSPS) is 22.9. The Balaban J connectivity index is 2.68. The van der Waals surface area contributed by atoms with Crippen molar-refractivity contribution in [2.45, 2.75) is 12.8 Å². The zero-order valence-electron chi connectivity index (χ0n) is 7.40. The predicted molar refractivity (Wildman–Crippen MR) is 54.5 cm³/mol. The first kappa shape index (κ1) is 11.3. The summed E-state index contributed by atoms with van der Waals surface area (Å²) < 4.78 is 30.3. The van der Waals surface area contributed by atoms with E-state index < -0.39 is 10.1 Å². The molecule has 4 nitrogen and oxygen atoms in total. The monoisotopic (exact) mass is 225 g/mol. The Labute approximate surface area is 83.0 Å². The minimum atomic E-state index is -3.88. The van der Waals surface area contributed by atoms with Gasteiger partial charge in [-0.1, -0.05) is 0 Å². The van der Waals surface area contributed by atoms with E-state index in [2.05, 4.69) is 0 Å². The van der Waals surface area contributed by atoms with Gasteiger partial charge in [0.2, 0.25) is 0 Å². The van der Waals surface area contributed by atoms with Crippen molar-refractivity contribution in [3.8, 4) is 0 Å².